The van der Waals surface area contributed by atoms with E-state index >= 15 is 4.39 Å². The molecule has 1 aliphatic carbocycles. The molecule has 1 saturated carbocycles. The number of halogens is 3. The monoisotopic (exact) mass is 576 g/mol. The SMILES string of the molecule is CN(C)C1(CNc2nc(OC[C@@]34CCCN3C[C@H](F)C4)nc3c(F)c(-c4cccc5cccc(F)c45)ncc23)CCC1. The second kappa shape index (κ2) is 10.3. The van der Waals surface area contributed by atoms with E-state index in [0.29, 0.717) is 47.1 Å². The van der Waals surface area contributed by atoms with E-state index in [1.165, 1.54) is 6.07 Å². The van der Waals surface area contributed by atoms with E-state index in [-0.39, 0.29) is 29.4 Å². The van der Waals surface area contributed by atoms with Crippen molar-refractivity contribution in [3.63, 3.8) is 0 Å². The van der Waals surface area contributed by atoms with Gasteiger partial charge in [-0.15, -0.1) is 0 Å². The molecule has 7 nitrogen and oxygen atoms in total. The maximum Gasteiger partial charge on any atom is 0.319 e. The summed E-state index contributed by atoms with van der Waals surface area (Å²) in [5.41, 5.74) is -0.0111. The highest BCUT2D eigenvalue weighted by molar-refractivity contribution is 5.99. The fourth-order valence-electron chi connectivity index (χ4n) is 7.18. The van der Waals surface area contributed by atoms with Gasteiger partial charge in [0.05, 0.1) is 10.9 Å². The standard InChI is InChI=1S/C32H35F3N6O/c1-40(2)31(11-5-12-31)18-37-29-23-16-36-27(22-9-3-7-20-8-4-10-24(34)25(20)22)26(35)28(23)38-30(39-29)42-19-32-13-6-14-41(32)17-21(33)15-32/h3-4,7-10,16,21H,5-6,11-15,17-19H2,1-2H3,(H,37,38,39)/t21-,32+/m1/s1. The number of nitrogens with one attached hydrogen (secondary N) is 1. The Labute approximate surface area is 243 Å². The van der Waals surface area contributed by atoms with Gasteiger partial charge in [0.25, 0.3) is 0 Å². The van der Waals surface area contributed by atoms with Crippen LogP contribution < -0.4 is 10.1 Å². The molecule has 0 unspecified atom stereocenters. The summed E-state index contributed by atoms with van der Waals surface area (Å²) in [7, 11) is 4.13. The minimum absolute atomic E-state index is 0.00850. The van der Waals surface area contributed by atoms with Crippen molar-refractivity contribution in [3.8, 4) is 17.3 Å². The molecule has 42 heavy (non-hydrogen) atoms. The van der Waals surface area contributed by atoms with Crippen LogP contribution >= 0.6 is 0 Å². The fraction of sp³-hybridized carbons (Fsp3) is 0.469. The molecule has 2 saturated heterocycles. The molecule has 3 fully saturated rings. The van der Waals surface area contributed by atoms with Crippen molar-refractivity contribution in [1.82, 2.24) is 24.8 Å². The van der Waals surface area contributed by atoms with Crippen LogP contribution in [0.4, 0.5) is 19.0 Å². The van der Waals surface area contributed by atoms with Crippen LogP contribution in [0.1, 0.15) is 38.5 Å². The number of hydrogen-bond donors (Lipinski definition) is 1. The fourth-order valence-corrected chi connectivity index (χ4v) is 7.18. The zero-order valence-corrected chi connectivity index (χ0v) is 24.0. The largest absolute Gasteiger partial charge is 0.461 e. The smallest absolute Gasteiger partial charge is 0.319 e. The minimum atomic E-state index is -0.888. The van der Waals surface area contributed by atoms with Crippen LogP contribution in [0.3, 0.4) is 0 Å². The Balaban J connectivity index is 1.30. The van der Waals surface area contributed by atoms with Crippen molar-refractivity contribution in [2.45, 2.75) is 55.8 Å². The van der Waals surface area contributed by atoms with E-state index < -0.39 is 23.3 Å². The number of ether oxygens (including phenoxy) is 1. The van der Waals surface area contributed by atoms with E-state index in [9.17, 15) is 8.78 Å². The van der Waals surface area contributed by atoms with Gasteiger partial charge in [0.1, 0.15) is 35.6 Å². The normalized spacial score (nSPS) is 23.4. The van der Waals surface area contributed by atoms with Gasteiger partial charge in [-0.1, -0.05) is 30.3 Å². The number of pyridine rings is 1. The van der Waals surface area contributed by atoms with E-state index in [0.717, 1.165) is 38.6 Å². The molecule has 0 amide bonds. The summed E-state index contributed by atoms with van der Waals surface area (Å²) in [6, 6.07) is 10.0. The topological polar surface area (TPSA) is 66.4 Å². The number of benzene rings is 2. The number of nitrogens with zero attached hydrogens (tertiary/aromatic N) is 5. The van der Waals surface area contributed by atoms with Crippen molar-refractivity contribution in [2.75, 3.05) is 45.7 Å². The lowest BCUT2D eigenvalue weighted by Crippen LogP contribution is -2.54. The van der Waals surface area contributed by atoms with E-state index in [2.05, 4.69) is 44.2 Å². The summed E-state index contributed by atoms with van der Waals surface area (Å²) in [4.78, 5) is 18.1. The van der Waals surface area contributed by atoms with Crippen LogP contribution in [-0.4, -0.2) is 82.3 Å². The first-order valence-electron chi connectivity index (χ1n) is 14.8. The van der Waals surface area contributed by atoms with E-state index in [1.807, 2.05) is 0 Å². The third-order valence-corrected chi connectivity index (χ3v) is 9.82. The average Bonchev–Trinajstić information content (AvgIpc) is 3.47. The molecule has 1 N–H and O–H groups in total. The van der Waals surface area contributed by atoms with Gasteiger partial charge >= 0.3 is 6.01 Å². The summed E-state index contributed by atoms with van der Waals surface area (Å²) in [6.45, 7) is 2.10. The van der Waals surface area contributed by atoms with Gasteiger partial charge in [0, 0.05) is 42.2 Å². The van der Waals surface area contributed by atoms with Gasteiger partial charge in [-0.2, -0.15) is 9.97 Å². The minimum Gasteiger partial charge on any atom is -0.461 e. The van der Waals surface area contributed by atoms with Crippen LogP contribution in [0, 0.1) is 11.6 Å². The third kappa shape index (κ3) is 4.46. The molecule has 4 heterocycles. The second-order valence-electron chi connectivity index (χ2n) is 12.4. The summed E-state index contributed by atoms with van der Waals surface area (Å²) in [5, 5.41) is 4.82. The van der Waals surface area contributed by atoms with Gasteiger partial charge in [0.2, 0.25) is 0 Å². The van der Waals surface area contributed by atoms with Crippen molar-refractivity contribution in [3.05, 3.63) is 54.2 Å². The molecule has 0 radical (unpaired) electrons. The average molecular weight is 577 g/mol. The molecule has 0 bridgehead atoms. The van der Waals surface area contributed by atoms with Gasteiger partial charge < -0.3 is 15.0 Å². The van der Waals surface area contributed by atoms with Crippen LogP contribution in [0.2, 0.25) is 0 Å². The van der Waals surface area contributed by atoms with Crippen LogP contribution in [0.15, 0.2) is 42.6 Å². The summed E-state index contributed by atoms with van der Waals surface area (Å²) >= 11 is 0. The van der Waals surface area contributed by atoms with E-state index in [4.69, 9.17) is 4.74 Å². The lowest BCUT2D eigenvalue weighted by Gasteiger charge is -2.47. The van der Waals surface area contributed by atoms with Crippen LogP contribution in [0.5, 0.6) is 6.01 Å². The molecular weight excluding hydrogens is 541 g/mol. The summed E-state index contributed by atoms with van der Waals surface area (Å²) in [6.07, 6.45) is 6.13. The predicted molar refractivity (Wildman–Crippen MR) is 157 cm³/mol. The highest BCUT2D eigenvalue weighted by atomic mass is 19.1. The molecule has 10 heteroatoms. The second-order valence-corrected chi connectivity index (χ2v) is 12.4. The number of alkyl halides is 1. The van der Waals surface area contributed by atoms with E-state index in [1.54, 1.807) is 36.5 Å². The third-order valence-electron chi connectivity index (χ3n) is 9.82. The van der Waals surface area contributed by atoms with Crippen molar-refractivity contribution >= 4 is 27.5 Å². The zero-order chi connectivity index (χ0) is 29.1. The number of rotatable bonds is 8. The Morgan fingerprint density at radius 3 is 2.64 bits per heavy atom. The molecule has 2 aliphatic heterocycles. The maximum atomic E-state index is 16.4. The van der Waals surface area contributed by atoms with Crippen molar-refractivity contribution in [1.29, 1.82) is 0 Å². The first-order chi connectivity index (χ1) is 20.3. The Hall–Kier alpha value is -3.50. The number of aromatic nitrogens is 3. The number of anilines is 1. The number of likely N-dealkylation sites (N-methyl/N-ethyl adjacent to an activating group) is 1. The Kier molecular flexibility index (Phi) is 6.73. The molecule has 4 aromatic rings. The molecule has 2 aromatic heterocycles. The maximum absolute atomic E-state index is 16.4. The Morgan fingerprint density at radius 2 is 1.88 bits per heavy atom. The number of hydrogen-bond acceptors (Lipinski definition) is 7. The Morgan fingerprint density at radius 1 is 1.07 bits per heavy atom. The number of fused-ring (bicyclic) bond motifs is 3. The molecule has 3 aliphatic rings. The first-order valence-corrected chi connectivity index (χ1v) is 14.8. The van der Waals surface area contributed by atoms with Crippen LogP contribution in [-0.2, 0) is 0 Å². The van der Waals surface area contributed by atoms with Crippen LogP contribution in [0.25, 0.3) is 32.9 Å². The molecular formula is C32H35F3N6O. The zero-order valence-electron chi connectivity index (χ0n) is 24.0. The van der Waals surface area contributed by atoms with Gasteiger partial charge in [0.15, 0.2) is 5.82 Å². The molecule has 7 rings (SSSR count). The summed E-state index contributed by atoms with van der Waals surface area (Å²) < 4.78 is 52.0. The van der Waals surface area contributed by atoms with Gasteiger partial charge in [-0.05, 0) is 64.2 Å². The molecule has 220 valence electrons. The lowest BCUT2D eigenvalue weighted by molar-refractivity contribution is 0.0738. The predicted octanol–water partition coefficient (Wildman–Crippen LogP) is 5.97. The van der Waals surface area contributed by atoms with Gasteiger partial charge in [-0.25, -0.2) is 13.2 Å². The first kappa shape index (κ1) is 27.3. The van der Waals surface area contributed by atoms with Gasteiger partial charge in [-0.3, -0.25) is 9.88 Å². The molecule has 2 atom stereocenters. The summed E-state index contributed by atoms with van der Waals surface area (Å²) in [5.74, 6) is -0.688. The quantitative estimate of drug-likeness (QED) is 0.277. The highest BCUT2D eigenvalue weighted by Crippen LogP contribution is 2.41. The molecule has 0 spiro atoms. The van der Waals surface area contributed by atoms with Crippen molar-refractivity contribution in [2.24, 2.45) is 0 Å². The molecule has 2 aromatic carbocycles. The Bertz CT molecular complexity index is 1660. The lowest BCUT2D eigenvalue weighted by atomic mass is 9.75. The highest BCUT2D eigenvalue weighted by Gasteiger charge is 2.49. The van der Waals surface area contributed by atoms with Crippen molar-refractivity contribution < 1.29 is 17.9 Å².